The standard InChI is InChI=1S/C16H22F3NS/c1-12-6-8-13(9-7-12)10-20-14-4-2-3-5-15(14)21-11-16(17,18)19/h2-5,12-13,20H,6-11H2,1H3. The summed E-state index contributed by atoms with van der Waals surface area (Å²) in [5.41, 5.74) is 0.824. The smallest absolute Gasteiger partial charge is 0.384 e. The van der Waals surface area contributed by atoms with Gasteiger partial charge in [-0.1, -0.05) is 31.9 Å². The summed E-state index contributed by atoms with van der Waals surface area (Å²) in [6.07, 6.45) is 0.822. The van der Waals surface area contributed by atoms with Crippen LogP contribution >= 0.6 is 11.8 Å². The molecule has 0 spiro atoms. The zero-order valence-corrected chi connectivity index (χ0v) is 13.1. The van der Waals surface area contributed by atoms with Gasteiger partial charge < -0.3 is 5.32 Å². The highest BCUT2D eigenvalue weighted by molar-refractivity contribution is 7.99. The number of rotatable bonds is 5. The lowest BCUT2D eigenvalue weighted by Crippen LogP contribution is -2.20. The Morgan fingerprint density at radius 3 is 2.48 bits per heavy atom. The van der Waals surface area contributed by atoms with E-state index < -0.39 is 11.9 Å². The SMILES string of the molecule is CC1CCC(CNc2ccccc2SCC(F)(F)F)CC1. The third-order valence-corrected chi connectivity index (χ3v) is 5.13. The van der Waals surface area contributed by atoms with Crippen LogP contribution in [-0.4, -0.2) is 18.5 Å². The van der Waals surface area contributed by atoms with Crippen molar-refractivity contribution in [1.82, 2.24) is 0 Å². The molecule has 0 bridgehead atoms. The van der Waals surface area contributed by atoms with Crippen molar-refractivity contribution in [1.29, 1.82) is 0 Å². The largest absolute Gasteiger partial charge is 0.398 e. The number of thioether (sulfide) groups is 1. The van der Waals surface area contributed by atoms with Gasteiger partial charge in [0, 0.05) is 17.1 Å². The highest BCUT2D eigenvalue weighted by atomic mass is 32.2. The molecule has 21 heavy (non-hydrogen) atoms. The van der Waals surface area contributed by atoms with Gasteiger partial charge in [0.15, 0.2) is 0 Å². The molecule has 1 aromatic carbocycles. The zero-order chi connectivity index (χ0) is 15.3. The fourth-order valence-electron chi connectivity index (χ4n) is 2.69. The van der Waals surface area contributed by atoms with E-state index in [1.165, 1.54) is 25.7 Å². The Kier molecular flexibility index (Phi) is 5.85. The molecule has 1 aliphatic carbocycles. The van der Waals surface area contributed by atoms with E-state index in [1.807, 2.05) is 12.1 Å². The Morgan fingerprint density at radius 1 is 1.14 bits per heavy atom. The summed E-state index contributed by atoms with van der Waals surface area (Å²) in [6.45, 7) is 3.14. The summed E-state index contributed by atoms with van der Waals surface area (Å²) in [5, 5.41) is 3.35. The lowest BCUT2D eigenvalue weighted by atomic mass is 9.83. The number of halogens is 3. The third-order valence-electron chi connectivity index (χ3n) is 4.00. The van der Waals surface area contributed by atoms with E-state index in [9.17, 15) is 13.2 Å². The van der Waals surface area contributed by atoms with Gasteiger partial charge in [-0.3, -0.25) is 0 Å². The number of nitrogens with one attached hydrogen (secondary N) is 1. The minimum Gasteiger partial charge on any atom is -0.384 e. The summed E-state index contributed by atoms with van der Waals surface area (Å²) in [7, 11) is 0. The topological polar surface area (TPSA) is 12.0 Å². The van der Waals surface area contributed by atoms with E-state index in [-0.39, 0.29) is 0 Å². The molecule has 1 saturated carbocycles. The molecule has 1 fully saturated rings. The quantitative estimate of drug-likeness (QED) is 0.712. The Balaban J connectivity index is 1.87. The first kappa shape index (κ1) is 16.5. The molecule has 0 saturated heterocycles. The summed E-state index contributed by atoms with van der Waals surface area (Å²) >= 11 is 0.853. The summed E-state index contributed by atoms with van der Waals surface area (Å²) in [6, 6.07) is 7.26. The van der Waals surface area contributed by atoms with E-state index in [4.69, 9.17) is 0 Å². The molecule has 1 nitrogen and oxygen atoms in total. The summed E-state index contributed by atoms with van der Waals surface area (Å²) in [4.78, 5) is 0.680. The van der Waals surface area contributed by atoms with Crippen LogP contribution in [0.2, 0.25) is 0 Å². The predicted octanol–water partition coefficient (Wildman–Crippen LogP) is 5.58. The molecule has 0 unspecified atom stereocenters. The Morgan fingerprint density at radius 2 is 1.81 bits per heavy atom. The predicted molar refractivity (Wildman–Crippen MR) is 82.8 cm³/mol. The summed E-state index contributed by atoms with van der Waals surface area (Å²) < 4.78 is 37.0. The second-order valence-electron chi connectivity index (χ2n) is 5.91. The van der Waals surface area contributed by atoms with Crippen LogP contribution < -0.4 is 5.32 Å². The molecular weight excluding hydrogens is 295 g/mol. The van der Waals surface area contributed by atoms with Crippen molar-refractivity contribution in [2.75, 3.05) is 17.6 Å². The van der Waals surface area contributed by atoms with Crippen LogP contribution in [0.4, 0.5) is 18.9 Å². The van der Waals surface area contributed by atoms with E-state index in [1.54, 1.807) is 12.1 Å². The second-order valence-corrected chi connectivity index (χ2v) is 6.92. The van der Waals surface area contributed by atoms with Crippen LogP contribution in [-0.2, 0) is 0 Å². The van der Waals surface area contributed by atoms with Gasteiger partial charge >= 0.3 is 6.18 Å². The number of para-hydroxylation sites is 1. The van der Waals surface area contributed by atoms with Gasteiger partial charge in [0.2, 0.25) is 0 Å². The highest BCUT2D eigenvalue weighted by Crippen LogP contribution is 2.33. The van der Waals surface area contributed by atoms with Gasteiger partial charge in [0.05, 0.1) is 5.75 Å². The zero-order valence-electron chi connectivity index (χ0n) is 12.2. The normalized spacial score (nSPS) is 23.0. The Hall–Kier alpha value is -0.840. The first-order valence-corrected chi connectivity index (χ1v) is 8.45. The molecular formula is C16H22F3NS. The maximum atomic E-state index is 12.3. The maximum Gasteiger partial charge on any atom is 0.398 e. The lowest BCUT2D eigenvalue weighted by Gasteiger charge is -2.27. The first-order valence-electron chi connectivity index (χ1n) is 7.46. The number of alkyl halides is 3. The number of benzene rings is 1. The third kappa shape index (κ3) is 5.81. The fourth-order valence-corrected chi connectivity index (χ4v) is 3.48. The van der Waals surface area contributed by atoms with Crippen LogP contribution in [0.25, 0.3) is 0 Å². The van der Waals surface area contributed by atoms with Crippen LogP contribution in [0.15, 0.2) is 29.2 Å². The molecule has 2 rings (SSSR count). The number of hydrogen-bond donors (Lipinski definition) is 1. The van der Waals surface area contributed by atoms with Crippen molar-refractivity contribution in [2.45, 2.75) is 43.7 Å². The minimum atomic E-state index is -4.13. The molecule has 118 valence electrons. The highest BCUT2D eigenvalue weighted by Gasteiger charge is 2.27. The van der Waals surface area contributed by atoms with Crippen molar-refractivity contribution in [3.05, 3.63) is 24.3 Å². The van der Waals surface area contributed by atoms with E-state index >= 15 is 0 Å². The monoisotopic (exact) mass is 317 g/mol. The van der Waals surface area contributed by atoms with Crippen molar-refractivity contribution < 1.29 is 13.2 Å². The molecule has 5 heteroatoms. The molecule has 1 N–H and O–H groups in total. The maximum absolute atomic E-state index is 12.3. The van der Waals surface area contributed by atoms with Crippen molar-refractivity contribution in [2.24, 2.45) is 11.8 Å². The van der Waals surface area contributed by atoms with Gasteiger partial charge in [-0.05, 0) is 36.8 Å². The molecule has 0 radical (unpaired) electrons. The molecule has 0 amide bonds. The molecule has 1 aliphatic rings. The fraction of sp³-hybridized carbons (Fsp3) is 0.625. The summed E-state index contributed by atoms with van der Waals surface area (Å²) in [5.74, 6) is 0.616. The molecule has 0 aliphatic heterocycles. The van der Waals surface area contributed by atoms with Gasteiger partial charge in [-0.2, -0.15) is 13.2 Å². The first-order chi connectivity index (χ1) is 9.94. The van der Waals surface area contributed by atoms with Gasteiger partial charge in [0.25, 0.3) is 0 Å². The van der Waals surface area contributed by atoms with Gasteiger partial charge in [-0.15, -0.1) is 11.8 Å². The average Bonchev–Trinajstić information content (AvgIpc) is 2.44. The van der Waals surface area contributed by atoms with E-state index in [0.717, 1.165) is 29.9 Å². The van der Waals surface area contributed by atoms with Gasteiger partial charge in [-0.25, -0.2) is 0 Å². The Labute approximate surface area is 128 Å². The van der Waals surface area contributed by atoms with Crippen LogP contribution in [0, 0.1) is 11.8 Å². The van der Waals surface area contributed by atoms with E-state index in [0.29, 0.717) is 10.8 Å². The number of hydrogen-bond acceptors (Lipinski definition) is 2. The van der Waals surface area contributed by atoms with Crippen LogP contribution in [0.1, 0.15) is 32.6 Å². The van der Waals surface area contributed by atoms with Gasteiger partial charge in [0.1, 0.15) is 0 Å². The van der Waals surface area contributed by atoms with E-state index in [2.05, 4.69) is 12.2 Å². The van der Waals surface area contributed by atoms with Crippen molar-refractivity contribution in [3.63, 3.8) is 0 Å². The molecule has 1 aromatic rings. The van der Waals surface area contributed by atoms with Crippen molar-refractivity contribution in [3.8, 4) is 0 Å². The molecule has 0 aromatic heterocycles. The number of anilines is 1. The lowest BCUT2D eigenvalue weighted by molar-refractivity contribution is -0.105. The van der Waals surface area contributed by atoms with Crippen LogP contribution in [0.3, 0.4) is 0 Å². The van der Waals surface area contributed by atoms with Crippen LogP contribution in [0.5, 0.6) is 0 Å². The second kappa shape index (κ2) is 7.43. The minimum absolute atomic E-state index is 0.641. The van der Waals surface area contributed by atoms with Crippen molar-refractivity contribution >= 4 is 17.4 Å². The molecule has 0 heterocycles. The molecule has 0 atom stereocenters. The Bertz CT molecular complexity index is 439. The average molecular weight is 317 g/mol.